The van der Waals surface area contributed by atoms with Crippen LogP contribution in [-0.4, -0.2) is 23.4 Å². The van der Waals surface area contributed by atoms with Crippen molar-refractivity contribution in [3.05, 3.63) is 68.6 Å². The highest BCUT2D eigenvalue weighted by atomic mass is 79.9. The molecule has 3 aromatic carbocycles. The molecule has 1 aromatic heterocycles. The number of hydrogen-bond donors (Lipinski definition) is 1. The summed E-state index contributed by atoms with van der Waals surface area (Å²) in [4.78, 5) is 8.93. The summed E-state index contributed by atoms with van der Waals surface area (Å²) in [5.41, 5.74) is 3.18. The van der Waals surface area contributed by atoms with Gasteiger partial charge in [-0.1, -0.05) is 23.2 Å². The molecule has 1 heterocycles. The zero-order valence-corrected chi connectivity index (χ0v) is 18.1. The van der Waals surface area contributed by atoms with Gasteiger partial charge in [0.25, 0.3) is 0 Å². The molecule has 0 radical (unpaired) electrons. The van der Waals surface area contributed by atoms with Gasteiger partial charge < -0.3 is 14.3 Å². The van der Waals surface area contributed by atoms with Crippen LogP contribution in [0.3, 0.4) is 0 Å². The molecule has 0 aliphatic carbocycles. The number of ether oxygens (including phenoxy) is 1. The summed E-state index contributed by atoms with van der Waals surface area (Å²) in [7, 11) is 1.61. The second-order valence-corrected chi connectivity index (χ2v) is 7.80. The zero-order valence-electron chi connectivity index (χ0n) is 15.0. The molecule has 0 aliphatic heterocycles. The highest BCUT2D eigenvalue weighted by molar-refractivity contribution is 9.10. The zero-order chi connectivity index (χ0) is 20.5. The van der Waals surface area contributed by atoms with Crippen molar-refractivity contribution in [2.24, 2.45) is 4.99 Å². The van der Waals surface area contributed by atoms with Crippen LogP contribution in [0.4, 0.5) is 5.69 Å². The minimum Gasteiger partial charge on any atom is -0.506 e. The Labute approximate surface area is 184 Å². The Hall–Kier alpha value is -2.54. The second kappa shape index (κ2) is 8.06. The molecule has 0 saturated heterocycles. The van der Waals surface area contributed by atoms with E-state index in [1.54, 1.807) is 31.4 Å². The van der Waals surface area contributed by atoms with Crippen LogP contribution in [0, 0.1) is 0 Å². The summed E-state index contributed by atoms with van der Waals surface area (Å²) >= 11 is 15.4. The molecule has 0 atom stereocenters. The number of methoxy groups -OCH3 is 1. The smallest absolute Gasteiger partial charge is 0.227 e. The minimum atomic E-state index is -0.0744. The standard InChI is InChI=1S/C21H13BrCl2N2O3/c1-28-18-4-2-11(7-15(18)22)21-26-17-9-14(3-5-19(17)29-21)25-10-12-6-13(23)8-16(24)20(12)27/h2-10,27H,1H3. The lowest BCUT2D eigenvalue weighted by atomic mass is 10.2. The average molecular weight is 492 g/mol. The van der Waals surface area contributed by atoms with E-state index in [1.807, 2.05) is 18.2 Å². The molecular formula is C21H13BrCl2N2O3. The molecular weight excluding hydrogens is 479 g/mol. The lowest BCUT2D eigenvalue weighted by molar-refractivity contribution is 0.412. The van der Waals surface area contributed by atoms with E-state index in [0.717, 1.165) is 15.8 Å². The quantitative estimate of drug-likeness (QED) is 0.311. The molecule has 29 heavy (non-hydrogen) atoms. The van der Waals surface area contributed by atoms with E-state index in [1.165, 1.54) is 12.3 Å². The van der Waals surface area contributed by atoms with Gasteiger partial charge in [-0.15, -0.1) is 0 Å². The Bertz CT molecular complexity index is 1250. The molecule has 4 rings (SSSR count). The normalized spacial score (nSPS) is 11.4. The van der Waals surface area contributed by atoms with Crippen molar-refractivity contribution in [2.45, 2.75) is 0 Å². The molecule has 1 N–H and O–H groups in total. The third kappa shape index (κ3) is 4.10. The van der Waals surface area contributed by atoms with E-state index in [2.05, 4.69) is 25.9 Å². The summed E-state index contributed by atoms with van der Waals surface area (Å²) in [6, 6.07) is 14.0. The van der Waals surface area contributed by atoms with E-state index in [4.69, 9.17) is 32.4 Å². The van der Waals surface area contributed by atoms with Crippen molar-refractivity contribution in [3.63, 3.8) is 0 Å². The van der Waals surface area contributed by atoms with Crippen LogP contribution in [0.5, 0.6) is 11.5 Å². The highest BCUT2D eigenvalue weighted by Crippen LogP contribution is 2.33. The van der Waals surface area contributed by atoms with E-state index < -0.39 is 0 Å². The molecule has 0 fully saturated rings. The first kappa shape index (κ1) is 19.8. The molecule has 5 nitrogen and oxygen atoms in total. The number of fused-ring (bicyclic) bond motifs is 1. The summed E-state index contributed by atoms with van der Waals surface area (Å²) in [5.74, 6) is 1.14. The number of benzene rings is 3. The van der Waals surface area contributed by atoms with Gasteiger partial charge in [-0.3, -0.25) is 4.99 Å². The van der Waals surface area contributed by atoms with Gasteiger partial charge in [0.1, 0.15) is 17.0 Å². The van der Waals surface area contributed by atoms with Crippen LogP contribution in [0.2, 0.25) is 10.0 Å². The van der Waals surface area contributed by atoms with Gasteiger partial charge in [0.2, 0.25) is 5.89 Å². The Morgan fingerprint density at radius 2 is 1.97 bits per heavy atom. The van der Waals surface area contributed by atoms with E-state index in [9.17, 15) is 5.11 Å². The minimum absolute atomic E-state index is 0.0744. The van der Waals surface area contributed by atoms with Crippen LogP contribution >= 0.6 is 39.1 Å². The fraction of sp³-hybridized carbons (Fsp3) is 0.0476. The van der Waals surface area contributed by atoms with Gasteiger partial charge in [-0.05, 0) is 64.5 Å². The van der Waals surface area contributed by atoms with Crippen LogP contribution in [0.15, 0.2) is 62.4 Å². The van der Waals surface area contributed by atoms with Gasteiger partial charge in [-0.25, -0.2) is 4.98 Å². The predicted molar refractivity (Wildman–Crippen MR) is 119 cm³/mol. The fourth-order valence-electron chi connectivity index (χ4n) is 2.75. The summed E-state index contributed by atoms with van der Waals surface area (Å²) in [5, 5.41) is 10.6. The monoisotopic (exact) mass is 490 g/mol. The number of aromatic nitrogens is 1. The Morgan fingerprint density at radius 1 is 1.14 bits per heavy atom. The lowest BCUT2D eigenvalue weighted by Crippen LogP contribution is -1.85. The first-order chi connectivity index (χ1) is 13.9. The maximum absolute atomic E-state index is 10.0. The van der Waals surface area contributed by atoms with Crippen LogP contribution in [0.1, 0.15) is 5.56 Å². The van der Waals surface area contributed by atoms with Crippen molar-refractivity contribution in [3.8, 4) is 23.0 Å². The maximum atomic E-state index is 10.0. The number of hydrogen-bond acceptors (Lipinski definition) is 5. The number of aliphatic imine (C=N–C) groups is 1. The molecule has 0 aliphatic rings. The number of phenolic OH excluding ortho intramolecular Hbond substituents is 1. The van der Waals surface area contributed by atoms with Gasteiger partial charge >= 0.3 is 0 Å². The lowest BCUT2D eigenvalue weighted by Gasteiger charge is -2.03. The summed E-state index contributed by atoms with van der Waals surface area (Å²) in [6.45, 7) is 0. The largest absolute Gasteiger partial charge is 0.506 e. The Morgan fingerprint density at radius 3 is 2.72 bits per heavy atom. The van der Waals surface area contributed by atoms with Crippen molar-refractivity contribution >= 4 is 62.1 Å². The van der Waals surface area contributed by atoms with Crippen molar-refractivity contribution in [1.82, 2.24) is 4.98 Å². The first-order valence-corrected chi connectivity index (χ1v) is 9.96. The number of phenols is 1. The Balaban J connectivity index is 1.66. The van der Waals surface area contributed by atoms with Crippen LogP contribution < -0.4 is 4.74 Å². The number of nitrogens with zero attached hydrogens (tertiary/aromatic N) is 2. The molecule has 0 spiro atoms. The second-order valence-electron chi connectivity index (χ2n) is 6.10. The van der Waals surface area contributed by atoms with Crippen molar-refractivity contribution in [1.29, 1.82) is 0 Å². The van der Waals surface area contributed by atoms with Gasteiger partial charge in [0.05, 0.1) is 22.3 Å². The number of aromatic hydroxyl groups is 1. The first-order valence-electron chi connectivity index (χ1n) is 8.41. The molecule has 4 aromatic rings. The van der Waals surface area contributed by atoms with E-state index in [0.29, 0.717) is 33.3 Å². The number of rotatable bonds is 4. The van der Waals surface area contributed by atoms with Crippen LogP contribution in [-0.2, 0) is 0 Å². The van der Waals surface area contributed by atoms with Gasteiger partial charge in [0.15, 0.2) is 5.58 Å². The molecule has 0 bridgehead atoms. The van der Waals surface area contributed by atoms with Crippen LogP contribution in [0.25, 0.3) is 22.6 Å². The fourth-order valence-corrected chi connectivity index (χ4v) is 3.80. The van der Waals surface area contributed by atoms with E-state index >= 15 is 0 Å². The average Bonchev–Trinajstić information content (AvgIpc) is 3.13. The van der Waals surface area contributed by atoms with Crippen molar-refractivity contribution < 1.29 is 14.3 Å². The van der Waals surface area contributed by atoms with Gasteiger partial charge in [-0.2, -0.15) is 0 Å². The highest BCUT2D eigenvalue weighted by Gasteiger charge is 2.11. The predicted octanol–water partition coefficient (Wildman–Crippen LogP) is 7.03. The molecule has 0 saturated carbocycles. The van der Waals surface area contributed by atoms with E-state index in [-0.39, 0.29) is 10.8 Å². The summed E-state index contributed by atoms with van der Waals surface area (Å²) < 4.78 is 11.9. The molecule has 146 valence electrons. The maximum Gasteiger partial charge on any atom is 0.227 e. The Kier molecular flexibility index (Phi) is 5.50. The SMILES string of the molecule is COc1ccc(-c2nc3cc(N=Cc4cc(Cl)cc(Cl)c4O)ccc3o2)cc1Br. The summed E-state index contributed by atoms with van der Waals surface area (Å²) in [6.07, 6.45) is 1.50. The van der Waals surface area contributed by atoms with Gasteiger partial charge in [0, 0.05) is 22.4 Å². The number of oxazole rings is 1. The third-order valence-electron chi connectivity index (χ3n) is 4.18. The molecule has 8 heteroatoms. The molecule has 0 unspecified atom stereocenters. The third-order valence-corrected chi connectivity index (χ3v) is 5.31. The van der Waals surface area contributed by atoms with Crippen molar-refractivity contribution in [2.75, 3.05) is 7.11 Å². The molecule has 0 amide bonds. The topological polar surface area (TPSA) is 67.9 Å². The number of halogens is 3.